The summed E-state index contributed by atoms with van der Waals surface area (Å²) >= 11 is 6.27. The zero-order chi connectivity index (χ0) is 21.6. The second kappa shape index (κ2) is 7.60. The molecule has 1 saturated carbocycles. The average molecular weight is 429 g/mol. The van der Waals surface area contributed by atoms with Crippen molar-refractivity contribution in [3.05, 3.63) is 64.1 Å². The number of carbonyl (C=O) groups excluding carboxylic acids is 2. The van der Waals surface area contributed by atoms with E-state index in [0.29, 0.717) is 18.4 Å². The topological polar surface area (TPSA) is 72.2 Å². The van der Waals surface area contributed by atoms with Crippen molar-refractivity contribution < 1.29 is 19.1 Å². The summed E-state index contributed by atoms with van der Waals surface area (Å²) in [5, 5.41) is 16.2. The Morgan fingerprint density at radius 3 is 2.50 bits per heavy atom. The fourth-order valence-electron chi connectivity index (χ4n) is 4.36. The lowest BCUT2D eigenvalue weighted by atomic mass is 9.75. The van der Waals surface area contributed by atoms with Crippen LogP contribution in [-0.2, 0) is 10.4 Å². The van der Waals surface area contributed by atoms with E-state index in [1.54, 1.807) is 38.1 Å². The van der Waals surface area contributed by atoms with Crippen molar-refractivity contribution in [3.63, 3.8) is 0 Å². The maximum Gasteiger partial charge on any atom is 0.280 e. The van der Waals surface area contributed by atoms with Crippen LogP contribution >= 0.6 is 11.6 Å². The van der Waals surface area contributed by atoms with Crippen molar-refractivity contribution in [2.45, 2.75) is 45.1 Å². The van der Waals surface area contributed by atoms with Gasteiger partial charge in [-0.2, -0.15) is 9.78 Å². The molecular weight excluding hydrogens is 407 g/mol. The summed E-state index contributed by atoms with van der Waals surface area (Å²) in [6, 6.07) is 9.52. The third kappa shape index (κ3) is 3.34. The normalized spacial score (nSPS) is 21.7. The van der Waals surface area contributed by atoms with E-state index in [-0.39, 0.29) is 51.7 Å². The van der Waals surface area contributed by atoms with E-state index in [1.807, 2.05) is 0 Å². The van der Waals surface area contributed by atoms with Gasteiger partial charge in [-0.25, -0.2) is 4.39 Å². The van der Waals surface area contributed by atoms with Gasteiger partial charge in [0.1, 0.15) is 22.9 Å². The Hall–Kier alpha value is -2.57. The van der Waals surface area contributed by atoms with Crippen molar-refractivity contribution in [3.8, 4) is 0 Å². The van der Waals surface area contributed by atoms with Gasteiger partial charge in [-0.05, 0) is 63.3 Å². The molecule has 1 aliphatic rings. The first kappa shape index (κ1) is 20.7. The maximum absolute atomic E-state index is 14.9. The van der Waals surface area contributed by atoms with Crippen LogP contribution in [0.4, 0.5) is 4.39 Å². The molecule has 156 valence electrons. The minimum atomic E-state index is -1.41. The highest BCUT2D eigenvalue weighted by Crippen LogP contribution is 2.42. The average Bonchev–Trinajstić information content (AvgIpc) is 3.10. The molecule has 1 N–H and O–H groups in total. The molecule has 1 aromatic heterocycles. The van der Waals surface area contributed by atoms with Gasteiger partial charge < -0.3 is 5.11 Å². The van der Waals surface area contributed by atoms with E-state index in [0.717, 1.165) is 4.68 Å². The standard InChI is InChI=1S/C23H22ClFN2O3/c1-13-5-3-6-16(24)19(13)22(29)27-18-8-4-7-17(25)20(18)21(26-27)23(30)11-9-15(10-12-23)14(2)28/h3-8,15,30H,9-12H2,1-2H3. The molecule has 1 aliphatic carbocycles. The highest BCUT2D eigenvalue weighted by Gasteiger charge is 2.40. The minimum Gasteiger partial charge on any atom is -0.383 e. The van der Waals surface area contributed by atoms with Gasteiger partial charge in [-0.15, -0.1) is 0 Å². The third-order valence-electron chi connectivity index (χ3n) is 6.11. The molecule has 0 atom stereocenters. The number of benzene rings is 2. The number of ketones is 1. The molecule has 0 radical (unpaired) electrons. The molecule has 30 heavy (non-hydrogen) atoms. The molecule has 1 heterocycles. The van der Waals surface area contributed by atoms with Gasteiger partial charge in [0.25, 0.3) is 5.91 Å². The summed E-state index contributed by atoms with van der Waals surface area (Å²) in [6.07, 6.45) is 1.53. The minimum absolute atomic E-state index is 0.0861. The Labute approximate surface area is 178 Å². The molecule has 3 aromatic rings. The van der Waals surface area contributed by atoms with Crippen LogP contribution in [-0.4, -0.2) is 26.6 Å². The van der Waals surface area contributed by atoms with Gasteiger partial charge in [0.15, 0.2) is 0 Å². The monoisotopic (exact) mass is 428 g/mol. The largest absolute Gasteiger partial charge is 0.383 e. The molecule has 0 spiro atoms. The van der Waals surface area contributed by atoms with E-state index in [4.69, 9.17) is 11.6 Å². The van der Waals surface area contributed by atoms with E-state index < -0.39 is 17.3 Å². The Morgan fingerprint density at radius 2 is 1.87 bits per heavy atom. The van der Waals surface area contributed by atoms with Crippen molar-refractivity contribution in [1.29, 1.82) is 0 Å². The van der Waals surface area contributed by atoms with Crippen molar-refractivity contribution in [1.82, 2.24) is 9.78 Å². The summed E-state index contributed by atoms with van der Waals surface area (Å²) in [6.45, 7) is 3.31. The van der Waals surface area contributed by atoms with Crippen molar-refractivity contribution in [2.75, 3.05) is 0 Å². The molecular formula is C23H22ClFN2O3. The first-order chi connectivity index (χ1) is 14.2. The maximum atomic E-state index is 14.9. The molecule has 0 saturated heterocycles. The van der Waals surface area contributed by atoms with Crippen LogP contribution in [0, 0.1) is 18.7 Å². The van der Waals surface area contributed by atoms with Gasteiger partial charge >= 0.3 is 0 Å². The lowest BCUT2D eigenvalue weighted by Crippen LogP contribution is -2.34. The fraction of sp³-hybridized carbons (Fsp3) is 0.348. The number of halogens is 2. The first-order valence-electron chi connectivity index (χ1n) is 9.93. The van der Waals surface area contributed by atoms with Gasteiger partial charge in [-0.3, -0.25) is 9.59 Å². The van der Waals surface area contributed by atoms with Gasteiger partial charge in [0.05, 0.1) is 21.5 Å². The highest BCUT2D eigenvalue weighted by atomic mass is 35.5. The molecule has 0 bridgehead atoms. The van der Waals surface area contributed by atoms with Crippen molar-refractivity contribution in [2.24, 2.45) is 5.92 Å². The van der Waals surface area contributed by atoms with E-state index >= 15 is 0 Å². The number of rotatable bonds is 3. The van der Waals surface area contributed by atoms with Gasteiger partial charge in [-0.1, -0.05) is 29.8 Å². The van der Waals surface area contributed by atoms with Crippen LogP contribution in [0.25, 0.3) is 10.9 Å². The Balaban J connectivity index is 1.86. The number of aromatic nitrogens is 2. The molecule has 0 amide bonds. The summed E-state index contributed by atoms with van der Waals surface area (Å²) in [7, 11) is 0. The number of carbonyl (C=O) groups is 2. The van der Waals surface area contributed by atoms with Crippen LogP contribution in [0.15, 0.2) is 36.4 Å². The SMILES string of the molecule is CC(=O)C1CCC(O)(c2nn(C(=O)c3c(C)cccc3Cl)c3cccc(F)c23)CC1. The van der Waals surface area contributed by atoms with Crippen LogP contribution in [0.3, 0.4) is 0 Å². The Morgan fingerprint density at radius 1 is 1.20 bits per heavy atom. The number of aliphatic hydroxyl groups is 1. The predicted molar refractivity (Wildman–Crippen MR) is 112 cm³/mol. The molecule has 2 aromatic carbocycles. The summed E-state index contributed by atoms with van der Waals surface area (Å²) in [5.41, 5.74) is -0.0403. The Kier molecular flexibility index (Phi) is 5.24. The van der Waals surface area contributed by atoms with E-state index in [9.17, 15) is 19.1 Å². The van der Waals surface area contributed by atoms with Gasteiger partial charge in [0.2, 0.25) is 0 Å². The van der Waals surface area contributed by atoms with E-state index in [2.05, 4.69) is 5.10 Å². The summed E-state index contributed by atoms with van der Waals surface area (Å²) in [4.78, 5) is 25.0. The molecule has 1 fully saturated rings. The first-order valence-corrected chi connectivity index (χ1v) is 10.3. The van der Waals surface area contributed by atoms with Crippen LogP contribution < -0.4 is 0 Å². The molecule has 5 nitrogen and oxygen atoms in total. The lowest BCUT2D eigenvalue weighted by molar-refractivity contribution is -0.123. The predicted octanol–water partition coefficient (Wildman–Crippen LogP) is 4.79. The zero-order valence-electron chi connectivity index (χ0n) is 16.8. The Bertz CT molecular complexity index is 1140. The number of hydrogen-bond acceptors (Lipinski definition) is 4. The summed E-state index contributed by atoms with van der Waals surface area (Å²) in [5.74, 6) is -1.07. The number of aryl methyl sites for hydroxylation is 1. The van der Waals surface area contributed by atoms with Crippen LogP contribution in [0.1, 0.15) is 54.2 Å². The number of nitrogens with zero attached hydrogens (tertiary/aromatic N) is 2. The molecule has 0 aliphatic heterocycles. The summed E-state index contributed by atoms with van der Waals surface area (Å²) < 4.78 is 16.0. The fourth-order valence-corrected chi connectivity index (χ4v) is 4.66. The van der Waals surface area contributed by atoms with Crippen molar-refractivity contribution >= 4 is 34.2 Å². The number of fused-ring (bicyclic) bond motifs is 1. The molecule has 4 rings (SSSR count). The smallest absolute Gasteiger partial charge is 0.280 e. The molecule has 0 unspecified atom stereocenters. The number of hydrogen-bond donors (Lipinski definition) is 1. The second-order valence-corrected chi connectivity index (χ2v) is 8.45. The van der Waals surface area contributed by atoms with Gasteiger partial charge in [0, 0.05) is 5.92 Å². The second-order valence-electron chi connectivity index (χ2n) is 8.05. The molecule has 7 heteroatoms. The zero-order valence-corrected chi connectivity index (χ0v) is 17.5. The third-order valence-corrected chi connectivity index (χ3v) is 6.43. The van der Waals surface area contributed by atoms with E-state index in [1.165, 1.54) is 12.1 Å². The lowest BCUT2D eigenvalue weighted by Gasteiger charge is -2.34. The van der Waals surface area contributed by atoms with Crippen LogP contribution in [0.5, 0.6) is 0 Å². The number of Topliss-reactive ketones (excluding diaryl/α,β-unsaturated/α-hetero) is 1. The quantitative estimate of drug-likeness (QED) is 0.650. The highest BCUT2D eigenvalue weighted by molar-refractivity contribution is 6.34. The van der Waals surface area contributed by atoms with Crippen LogP contribution in [0.2, 0.25) is 5.02 Å².